The molecule has 1 amide bonds. The van der Waals surface area contributed by atoms with Gasteiger partial charge in [0.15, 0.2) is 0 Å². The molecule has 1 aromatic carbocycles. The number of ether oxygens (including phenoxy) is 1. The quantitative estimate of drug-likeness (QED) is 0.736. The second-order valence-electron chi connectivity index (χ2n) is 8.63. The summed E-state index contributed by atoms with van der Waals surface area (Å²) in [6.07, 6.45) is 7.20. The lowest BCUT2D eigenvalue weighted by atomic mass is 9.90. The van der Waals surface area contributed by atoms with Gasteiger partial charge in [0.1, 0.15) is 0 Å². The van der Waals surface area contributed by atoms with Crippen LogP contribution in [0, 0.1) is 11.8 Å². The topological polar surface area (TPSA) is 32.8 Å². The van der Waals surface area contributed by atoms with Crippen LogP contribution in [-0.2, 0) is 9.53 Å². The molecule has 4 heteroatoms. The van der Waals surface area contributed by atoms with E-state index in [9.17, 15) is 4.79 Å². The molecule has 2 aliphatic heterocycles. The zero-order valence-electron chi connectivity index (χ0n) is 16.5. The van der Waals surface area contributed by atoms with E-state index in [4.69, 9.17) is 4.74 Å². The third-order valence-electron chi connectivity index (χ3n) is 6.72. The van der Waals surface area contributed by atoms with Gasteiger partial charge in [0.2, 0.25) is 5.91 Å². The number of nitrogens with zero attached hydrogens (tertiary/aromatic N) is 2. The molecule has 1 aromatic rings. The third-order valence-corrected chi connectivity index (χ3v) is 6.72. The summed E-state index contributed by atoms with van der Waals surface area (Å²) in [5, 5.41) is 0. The number of likely N-dealkylation sites (tertiary alicyclic amines) is 1. The molecule has 1 aliphatic carbocycles. The molecule has 0 radical (unpaired) electrons. The van der Waals surface area contributed by atoms with Crippen molar-refractivity contribution in [3.63, 3.8) is 0 Å². The number of carbonyl (C=O) groups excluding carboxylic acids is 1. The fraction of sp³-hybridized carbons (Fsp3) is 0.696. The van der Waals surface area contributed by atoms with Crippen molar-refractivity contribution in [1.29, 1.82) is 0 Å². The summed E-state index contributed by atoms with van der Waals surface area (Å²) >= 11 is 0. The molecular weight excluding hydrogens is 336 g/mol. The highest BCUT2D eigenvalue weighted by molar-refractivity contribution is 5.76. The molecule has 2 atom stereocenters. The van der Waals surface area contributed by atoms with Crippen LogP contribution in [0.25, 0.3) is 0 Å². The molecule has 3 fully saturated rings. The third kappa shape index (κ3) is 5.32. The van der Waals surface area contributed by atoms with Crippen LogP contribution in [-0.4, -0.2) is 61.6 Å². The summed E-state index contributed by atoms with van der Waals surface area (Å²) in [6, 6.07) is 11.1. The minimum absolute atomic E-state index is 0.314. The van der Waals surface area contributed by atoms with Gasteiger partial charge in [-0.25, -0.2) is 0 Å². The summed E-state index contributed by atoms with van der Waals surface area (Å²) in [4.78, 5) is 16.8. The summed E-state index contributed by atoms with van der Waals surface area (Å²) in [7, 11) is 0. The Morgan fingerprint density at radius 3 is 2.52 bits per heavy atom. The molecule has 4 rings (SSSR count). The van der Waals surface area contributed by atoms with Gasteiger partial charge in [0, 0.05) is 19.5 Å². The zero-order valence-corrected chi connectivity index (χ0v) is 16.5. The molecular formula is C23H34N2O2. The SMILES string of the molecule is O=C(CCCN1CCC(C[C@@H]2C[C@H]2c2ccccc2)CC1)N1CCOCC1. The number of benzene rings is 1. The van der Waals surface area contributed by atoms with E-state index in [1.54, 1.807) is 5.56 Å². The molecule has 3 aliphatic rings. The van der Waals surface area contributed by atoms with Gasteiger partial charge in [0.05, 0.1) is 13.2 Å². The van der Waals surface area contributed by atoms with E-state index in [0.29, 0.717) is 25.5 Å². The van der Waals surface area contributed by atoms with Gasteiger partial charge < -0.3 is 14.5 Å². The summed E-state index contributed by atoms with van der Waals surface area (Å²) in [5.74, 6) is 2.98. The Morgan fingerprint density at radius 1 is 1.04 bits per heavy atom. The van der Waals surface area contributed by atoms with Crippen LogP contribution >= 0.6 is 0 Å². The lowest BCUT2D eigenvalue weighted by Gasteiger charge is -2.32. The molecule has 2 heterocycles. The first kappa shape index (κ1) is 18.9. The predicted octanol–water partition coefficient (Wildman–Crippen LogP) is 3.53. The summed E-state index contributed by atoms with van der Waals surface area (Å²) in [6.45, 7) is 6.47. The monoisotopic (exact) mass is 370 g/mol. The maximum absolute atomic E-state index is 12.2. The maximum atomic E-state index is 12.2. The fourth-order valence-electron chi connectivity index (χ4n) is 4.92. The average molecular weight is 371 g/mol. The van der Waals surface area contributed by atoms with Gasteiger partial charge in [-0.15, -0.1) is 0 Å². The normalized spacial score (nSPS) is 26.9. The minimum atomic E-state index is 0.314. The van der Waals surface area contributed by atoms with Crippen molar-refractivity contribution in [3.05, 3.63) is 35.9 Å². The molecule has 4 nitrogen and oxygen atoms in total. The van der Waals surface area contributed by atoms with Gasteiger partial charge in [-0.3, -0.25) is 4.79 Å². The Hall–Kier alpha value is -1.39. The highest BCUT2D eigenvalue weighted by atomic mass is 16.5. The Morgan fingerprint density at radius 2 is 1.78 bits per heavy atom. The lowest BCUT2D eigenvalue weighted by Crippen LogP contribution is -2.41. The molecule has 0 unspecified atom stereocenters. The van der Waals surface area contributed by atoms with Crippen LogP contribution in [0.15, 0.2) is 30.3 Å². The first-order valence-corrected chi connectivity index (χ1v) is 10.9. The molecule has 148 valence electrons. The van der Waals surface area contributed by atoms with Crippen LogP contribution in [0.2, 0.25) is 0 Å². The zero-order chi connectivity index (χ0) is 18.5. The van der Waals surface area contributed by atoms with Crippen LogP contribution in [0.5, 0.6) is 0 Å². The van der Waals surface area contributed by atoms with E-state index in [1.165, 1.54) is 38.8 Å². The molecule has 1 saturated carbocycles. The van der Waals surface area contributed by atoms with E-state index in [-0.39, 0.29) is 0 Å². The van der Waals surface area contributed by atoms with Crippen LogP contribution in [0.4, 0.5) is 0 Å². The van der Waals surface area contributed by atoms with Crippen molar-refractivity contribution in [3.8, 4) is 0 Å². The van der Waals surface area contributed by atoms with Crippen molar-refractivity contribution in [2.24, 2.45) is 11.8 Å². The van der Waals surface area contributed by atoms with E-state index in [2.05, 4.69) is 35.2 Å². The molecule has 0 spiro atoms. The van der Waals surface area contributed by atoms with Gasteiger partial charge in [-0.2, -0.15) is 0 Å². The number of carbonyl (C=O) groups is 1. The lowest BCUT2D eigenvalue weighted by molar-refractivity contribution is -0.135. The largest absolute Gasteiger partial charge is 0.378 e. The van der Waals surface area contributed by atoms with Gasteiger partial charge in [-0.1, -0.05) is 30.3 Å². The number of hydrogen-bond donors (Lipinski definition) is 0. The van der Waals surface area contributed by atoms with Gasteiger partial charge in [-0.05, 0) is 75.1 Å². The number of rotatable bonds is 7. The first-order chi connectivity index (χ1) is 13.3. The van der Waals surface area contributed by atoms with Crippen molar-refractivity contribution < 1.29 is 9.53 Å². The second kappa shape index (κ2) is 9.20. The molecule has 0 aromatic heterocycles. The second-order valence-corrected chi connectivity index (χ2v) is 8.63. The van der Waals surface area contributed by atoms with Crippen molar-refractivity contribution in [2.45, 2.75) is 44.4 Å². The average Bonchev–Trinajstić information content (AvgIpc) is 3.50. The van der Waals surface area contributed by atoms with Crippen molar-refractivity contribution in [2.75, 3.05) is 45.9 Å². The first-order valence-electron chi connectivity index (χ1n) is 10.9. The Bertz CT molecular complexity index is 592. The van der Waals surface area contributed by atoms with E-state index in [0.717, 1.165) is 43.8 Å². The Balaban J connectivity index is 1.09. The number of morpholine rings is 1. The maximum Gasteiger partial charge on any atom is 0.222 e. The predicted molar refractivity (Wildman–Crippen MR) is 108 cm³/mol. The van der Waals surface area contributed by atoms with Crippen LogP contribution < -0.4 is 0 Å². The summed E-state index contributed by atoms with van der Waals surface area (Å²) < 4.78 is 5.32. The number of hydrogen-bond acceptors (Lipinski definition) is 3. The highest BCUT2D eigenvalue weighted by Gasteiger charge is 2.39. The van der Waals surface area contributed by atoms with Crippen molar-refractivity contribution in [1.82, 2.24) is 9.80 Å². The summed E-state index contributed by atoms with van der Waals surface area (Å²) in [5.41, 5.74) is 1.55. The molecule has 0 N–H and O–H groups in total. The van der Waals surface area contributed by atoms with E-state index in [1.807, 2.05) is 4.90 Å². The Kier molecular flexibility index (Phi) is 6.46. The Labute approximate surface area is 163 Å². The van der Waals surface area contributed by atoms with Gasteiger partial charge >= 0.3 is 0 Å². The molecule has 0 bridgehead atoms. The standard InChI is InChI=1S/C23H34N2O2/c26-23(25-13-15-27-16-14-25)7-4-10-24-11-8-19(9-12-24)17-21-18-22(21)20-5-2-1-3-6-20/h1-3,5-6,19,21-22H,4,7-18H2/t21-,22+/m1/s1. The van der Waals surface area contributed by atoms with Crippen LogP contribution in [0.1, 0.15) is 50.0 Å². The van der Waals surface area contributed by atoms with E-state index >= 15 is 0 Å². The van der Waals surface area contributed by atoms with Gasteiger partial charge in [0.25, 0.3) is 0 Å². The minimum Gasteiger partial charge on any atom is -0.378 e. The van der Waals surface area contributed by atoms with E-state index < -0.39 is 0 Å². The number of amides is 1. The molecule has 27 heavy (non-hydrogen) atoms. The highest BCUT2D eigenvalue weighted by Crippen LogP contribution is 2.51. The fourth-order valence-corrected chi connectivity index (χ4v) is 4.92. The number of piperidine rings is 1. The smallest absolute Gasteiger partial charge is 0.222 e. The van der Waals surface area contributed by atoms with Crippen LogP contribution in [0.3, 0.4) is 0 Å². The van der Waals surface area contributed by atoms with Crippen molar-refractivity contribution >= 4 is 5.91 Å². The molecule has 2 saturated heterocycles.